The molecule has 1 aromatic heterocycles. The Morgan fingerprint density at radius 3 is 2.68 bits per heavy atom. The molecule has 1 N–H and O–H groups in total. The molecule has 1 unspecified atom stereocenters. The number of carbonyl (C=O) groups is 2. The number of carbonyl (C=O) groups excluding carboxylic acids is 1. The molecule has 0 bridgehead atoms. The number of benzene rings is 1. The van der Waals surface area contributed by atoms with Crippen LogP contribution in [0.5, 0.6) is 0 Å². The highest BCUT2D eigenvalue weighted by Crippen LogP contribution is 2.13. The lowest BCUT2D eigenvalue weighted by molar-refractivity contribution is -0.154. The highest BCUT2D eigenvalue weighted by Gasteiger charge is 2.29. The predicted octanol–water partition coefficient (Wildman–Crippen LogP) is 0.798. The normalized spacial score (nSPS) is 18.2. The number of amides is 1. The van der Waals surface area contributed by atoms with Crippen LogP contribution in [0.25, 0.3) is 5.69 Å². The summed E-state index contributed by atoms with van der Waals surface area (Å²) < 4.78 is 6.82. The Hall–Kier alpha value is -2.67. The lowest BCUT2D eigenvalue weighted by atomic mass is 10.1. The molecule has 7 heteroatoms. The maximum absolute atomic E-state index is 12.4. The smallest absolute Gasteiger partial charge is 0.334 e. The van der Waals surface area contributed by atoms with Gasteiger partial charge in [0, 0.05) is 24.5 Å². The van der Waals surface area contributed by atoms with Gasteiger partial charge in [-0.15, -0.1) is 0 Å². The number of aliphatic carboxylic acids is 1. The predicted molar refractivity (Wildman–Crippen MR) is 76.8 cm³/mol. The highest BCUT2D eigenvalue weighted by atomic mass is 16.5. The van der Waals surface area contributed by atoms with E-state index in [9.17, 15) is 9.59 Å². The molecule has 0 saturated carbocycles. The quantitative estimate of drug-likeness (QED) is 0.906. The standard InChI is InChI=1S/C15H15N3O4/c19-14(17-8-9-22-13(10-17)15(20)21)11-2-4-12(5-3-11)18-7-1-6-16-18/h1-7,13H,8-10H2,(H,20,21). The summed E-state index contributed by atoms with van der Waals surface area (Å²) in [7, 11) is 0. The third kappa shape index (κ3) is 2.84. The molecule has 7 nitrogen and oxygen atoms in total. The molecule has 3 rings (SSSR count). The van der Waals surface area contributed by atoms with Crippen molar-refractivity contribution in [2.45, 2.75) is 6.10 Å². The first kappa shape index (κ1) is 14.3. The largest absolute Gasteiger partial charge is 0.479 e. The average molecular weight is 301 g/mol. The fourth-order valence-electron chi connectivity index (χ4n) is 2.34. The zero-order chi connectivity index (χ0) is 15.5. The second-order valence-corrected chi connectivity index (χ2v) is 4.95. The molecule has 2 heterocycles. The Morgan fingerprint density at radius 2 is 2.05 bits per heavy atom. The Balaban J connectivity index is 1.73. The summed E-state index contributed by atoms with van der Waals surface area (Å²) in [4.78, 5) is 24.9. The number of ether oxygens (including phenoxy) is 1. The summed E-state index contributed by atoms with van der Waals surface area (Å²) in [5, 5.41) is 13.1. The minimum atomic E-state index is -1.05. The Kier molecular flexibility index (Phi) is 3.88. The molecule has 1 fully saturated rings. The molecule has 0 radical (unpaired) electrons. The zero-order valence-corrected chi connectivity index (χ0v) is 11.8. The van der Waals surface area contributed by atoms with Crippen molar-refractivity contribution in [2.75, 3.05) is 19.7 Å². The number of nitrogens with zero attached hydrogens (tertiary/aromatic N) is 3. The second kappa shape index (κ2) is 5.98. The summed E-state index contributed by atoms with van der Waals surface area (Å²) in [6, 6.07) is 8.85. The first-order chi connectivity index (χ1) is 10.6. The number of rotatable bonds is 3. The molecule has 0 aliphatic carbocycles. The van der Waals surface area contributed by atoms with Crippen LogP contribution in [0.4, 0.5) is 0 Å². The van der Waals surface area contributed by atoms with Gasteiger partial charge < -0.3 is 14.7 Å². The van der Waals surface area contributed by atoms with Crippen molar-refractivity contribution in [1.29, 1.82) is 0 Å². The van der Waals surface area contributed by atoms with Gasteiger partial charge >= 0.3 is 5.97 Å². The van der Waals surface area contributed by atoms with E-state index in [0.29, 0.717) is 12.1 Å². The molecular formula is C15H15N3O4. The van der Waals surface area contributed by atoms with Crippen molar-refractivity contribution in [3.63, 3.8) is 0 Å². The van der Waals surface area contributed by atoms with Crippen molar-refractivity contribution in [3.8, 4) is 5.69 Å². The topological polar surface area (TPSA) is 84.7 Å². The van der Waals surface area contributed by atoms with Crippen molar-refractivity contribution >= 4 is 11.9 Å². The summed E-state index contributed by atoms with van der Waals surface area (Å²) in [6.45, 7) is 0.687. The fraction of sp³-hybridized carbons (Fsp3) is 0.267. The Labute approximate surface area is 126 Å². The van der Waals surface area contributed by atoms with Gasteiger partial charge in [-0.3, -0.25) is 4.79 Å². The van der Waals surface area contributed by atoms with Crippen LogP contribution in [-0.2, 0) is 9.53 Å². The molecule has 22 heavy (non-hydrogen) atoms. The number of hydrogen-bond acceptors (Lipinski definition) is 4. The summed E-state index contributed by atoms with van der Waals surface area (Å²) >= 11 is 0. The maximum Gasteiger partial charge on any atom is 0.334 e. The summed E-state index contributed by atoms with van der Waals surface area (Å²) in [6.07, 6.45) is 2.54. The van der Waals surface area contributed by atoms with Crippen LogP contribution in [0, 0.1) is 0 Å². The number of hydrogen-bond donors (Lipinski definition) is 1. The lowest BCUT2D eigenvalue weighted by Crippen LogP contribution is -2.48. The summed E-state index contributed by atoms with van der Waals surface area (Å²) in [5.74, 6) is -1.24. The number of carboxylic acids is 1. The van der Waals surface area contributed by atoms with Gasteiger partial charge in [0.05, 0.1) is 18.8 Å². The van der Waals surface area contributed by atoms with Crippen LogP contribution >= 0.6 is 0 Å². The van der Waals surface area contributed by atoms with Crippen LogP contribution in [0.3, 0.4) is 0 Å². The van der Waals surface area contributed by atoms with E-state index in [0.717, 1.165) is 5.69 Å². The SMILES string of the molecule is O=C(O)C1CN(C(=O)c2ccc(-n3cccn3)cc2)CCO1. The van der Waals surface area contributed by atoms with Crippen LogP contribution in [0.1, 0.15) is 10.4 Å². The minimum Gasteiger partial charge on any atom is -0.479 e. The van der Waals surface area contributed by atoms with E-state index in [4.69, 9.17) is 9.84 Å². The van der Waals surface area contributed by atoms with Gasteiger partial charge in [0.1, 0.15) is 0 Å². The minimum absolute atomic E-state index is 0.0646. The molecule has 1 aliphatic heterocycles. The summed E-state index contributed by atoms with van der Waals surface area (Å²) in [5.41, 5.74) is 1.37. The van der Waals surface area contributed by atoms with Gasteiger partial charge in [-0.25, -0.2) is 9.48 Å². The molecule has 1 atom stereocenters. The first-order valence-electron chi connectivity index (χ1n) is 6.89. The number of aromatic nitrogens is 2. The molecular weight excluding hydrogens is 286 g/mol. The van der Waals surface area contributed by atoms with Crippen LogP contribution in [0.2, 0.25) is 0 Å². The van der Waals surface area contributed by atoms with Crippen molar-refractivity contribution in [3.05, 3.63) is 48.3 Å². The Bertz CT molecular complexity index is 667. The average Bonchev–Trinajstić information content (AvgIpc) is 3.09. The highest BCUT2D eigenvalue weighted by molar-refractivity contribution is 5.94. The van der Waals surface area contributed by atoms with E-state index in [1.807, 2.05) is 12.3 Å². The van der Waals surface area contributed by atoms with Gasteiger partial charge in [0.25, 0.3) is 5.91 Å². The van der Waals surface area contributed by atoms with Crippen LogP contribution < -0.4 is 0 Å². The van der Waals surface area contributed by atoms with Crippen molar-refractivity contribution in [1.82, 2.24) is 14.7 Å². The molecule has 1 saturated heterocycles. The number of carboxylic acid groups (broad SMARTS) is 1. The van der Waals surface area contributed by atoms with Crippen molar-refractivity contribution < 1.29 is 19.4 Å². The van der Waals surface area contributed by atoms with Gasteiger partial charge in [0.2, 0.25) is 0 Å². The van der Waals surface area contributed by atoms with E-state index >= 15 is 0 Å². The molecule has 1 aliphatic rings. The van der Waals surface area contributed by atoms with Gasteiger partial charge in [0.15, 0.2) is 6.10 Å². The lowest BCUT2D eigenvalue weighted by Gasteiger charge is -2.30. The van der Waals surface area contributed by atoms with E-state index < -0.39 is 12.1 Å². The molecule has 1 amide bonds. The third-order valence-corrected chi connectivity index (χ3v) is 3.51. The van der Waals surface area contributed by atoms with E-state index in [1.165, 1.54) is 4.90 Å². The molecule has 2 aromatic rings. The molecule has 114 valence electrons. The molecule has 0 spiro atoms. The third-order valence-electron chi connectivity index (χ3n) is 3.51. The van der Waals surface area contributed by atoms with E-state index in [1.54, 1.807) is 35.1 Å². The second-order valence-electron chi connectivity index (χ2n) is 4.95. The monoisotopic (exact) mass is 301 g/mol. The van der Waals surface area contributed by atoms with Crippen LogP contribution in [0.15, 0.2) is 42.7 Å². The van der Waals surface area contributed by atoms with Crippen LogP contribution in [-0.4, -0.2) is 57.5 Å². The number of morpholine rings is 1. The van der Waals surface area contributed by atoms with Gasteiger partial charge in [-0.1, -0.05) is 0 Å². The fourth-order valence-corrected chi connectivity index (χ4v) is 2.34. The van der Waals surface area contributed by atoms with E-state index in [2.05, 4.69) is 5.10 Å². The Morgan fingerprint density at radius 1 is 1.27 bits per heavy atom. The molecule has 1 aromatic carbocycles. The maximum atomic E-state index is 12.4. The van der Waals surface area contributed by atoms with Crippen molar-refractivity contribution in [2.24, 2.45) is 0 Å². The zero-order valence-electron chi connectivity index (χ0n) is 11.8. The van der Waals surface area contributed by atoms with Gasteiger partial charge in [-0.2, -0.15) is 5.10 Å². The first-order valence-corrected chi connectivity index (χ1v) is 6.89. The van der Waals surface area contributed by atoms with E-state index in [-0.39, 0.29) is 19.1 Å². The van der Waals surface area contributed by atoms with Gasteiger partial charge in [-0.05, 0) is 30.3 Å².